The van der Waals surface area contributed by atoms with Crippen molar-refractivity contribution in [3.8, 4) is 0 Å². The number of hydrogen-bond donors (Lipinski definition) is 2. The van der Waals surface area contributed by atoms with E-state index in [1.807, 2.05) is 13.8 Å². The number of nitrogen functional groups attached to an aromatic ring is 2. The first-order valence-corrected chi connectivity index (χ1v) is 7.23. The first-order valence-electron chi connectivity index (χ1n) is 7.23. The normalized spacial score (nSPS) is 21.3. The van der Waals surface area contributed by atoms with Crippen LogP contribution in [-0.4, -0.2) is 0 Å². The van der Waals surface area contributed by atoms with Crippen molar-refractivity contribution in [2.24, 2.45) is 5.41 Å². The third-order valence-corrected chi connectivity index (χ3v) is 5.69. The highest BCUT2D eigenvalue weighted by Crippen LogP contribution is 2.62. The minimum Gasteiger partial charge on any atom is -0.397 e. The van der Waals surface area contributed by atoms with Gasteiger partial charge in [0.25, 0.3) is 0 Å². The molecule has 0 saturated heterocycles. The molecule has 0 radical (unpaired) electrons. The fraction of sp³-hybridized carbons (Fsp3) is 0.647. The summed E-state index contributed by atoms with van der Waals surface area (Å²) < 4.78 is 0. The monoisotopic (exact) mass is 262 g/mol. The minimum atomic E-state index is 0.105. The molecule has 0 heterocycles. The van der Waals surface area contributed by atoms with Crippen LogP contribution in [0.4, 0.5) is 11.4 Å². The maximum atomic E-state index is 5.97. The molecule has 1 aromatic carbocycles. The molecule has 4 N–H and O–H groups in total. The van der Waals surface area contributed by atoms with Gasteiger partial charge in [0.1, 0.15) is 0 Å². The van der Waals surface area contributed by atoms with E-state index in [4.69, 9.17) is 11.5 Å². The molecule has 0 atom stereocenters. The predicted octanol–water partition coefficient (Wildman–Crippen LogP) is 4.47. The SMILES string of the molecule is CC.CC1(C)c2cc(N)c(N)cc2C(C)(C)C1(C)C. The van der Waals surface area contributed by atoms with E-state index >= 15 is 0 Å². The summed E-state index contributed by atoms with van der Waals surface area (Å²) in [6.07, 6.45) is 0. The zero-order valence-electron chi connectivity index (χ0n) is 13.8. The van der Waals surface area contributed by atoms with E-state index in [0.29, 0.717) is 11.4 Å². The Hall–Kier alpha value is -1.18. The van der Waals surface area contributed by atoms with Gasteiger partial charge in [0.05, 0.1) is 11.4 Å². The summed E-state index contributed by atoms with van der Waals surface area (Å²) in [6.45, 7) is 17.9. The minimum absolute atomic E-state index is 0.105. The fourth-order valence-electron chi connectivity index (χ4n) is 3.12. The van der Waals surface area contributed by atoms with Gasteiger partial charge in [-0.3, -0.25) is 0 Å². The van der Waals surface area contributed by atoms with E-state index in [2.05, 4.69) is 53.7 Å². The average Bonchev–Trinajstić information content (AvgIpc) is 2.41. The van der Waals surface area contributed by atoms with Crippen LogP contribution < -0.4 is 11.5 Å². The molecule has 19 heavy (non-hydrogen) atoms. The first kappa shape index (κ1) is 15.9. The van der Waals surface area contributed by atoms with E-state index in [1.165, 1.54) is 11.1 Å². The Balaban J connectivity index is 0.000000861. The Morgan fingerprint density at radius 3 is 1.21 bits per heavy atom. The van der Waals surface area contributed by atoms with Crippen molar-refractivity contribution >= 4 is 11.4 Å². The zero-order valence-corrected chi connectivity index (χ0v) is 13.8. The molecule has 2 nitrogen and oxygen atoms in total. The van der Waals surface area contributed by atoms with E-state index in [0.717, 1.165) is 0 Å². The van der Waals surface area contributed by atoms with Crippen LogP contribution in [0.1, 0.15) is 66.5 Å². The lowest BCUT2D eigenvalue weighted by molar-refractivity contribution is 0.125. The topological polar surface area (TPSA) is 52.0 Å². The molecule has 0 bridgehead atoms. The number of benzene rings is 1. The van der Waals surface area contributed by atoms with Crippen LogP contribution in [0, 0.1) is 5.41 Å². The molecular formula is C17H30N2. The van der Waals surface area contributed by atoms with Gasteiger partial charge in [0.15, 0.2) is 0 Å². The summed E-state index contributed by atoms with van der Waals surface area (Å²) in [5.41, 5.74) is 16.4. The Kier molecular flexibility index (Phi) is 3.70. The molecule has 1 aliphatic rings. The molecule has 2 heteroatoms. The van der Waals surface area contributed by atoms with Crippen LogP contribution >= 0.6 is 0 Å². The van der Waals surface area contributed by atoms with Crippen molar-refractivity contribution in [1.29, 1.82) is 0 Å². The zero-order chi connectivity index (χ0) is 15.2. The Morgan fingerprint density at radius 2 is 0.947 bits per heavy atom. The third kappa shape index (κ3) is 1.84. The number of fused-ring (bicyclic) bond motifs is 1. The molecule has 0 amide bonds. The van der Waals surface area contributed by atoms with Gasteiger partial charge < -0.3 is 11.5 Å². The molecule has 0 aliphatic heterocycles. The Morgan fingerprint density at radius 1 is 0.684 bits per heavy atom. The van der Waals surface area contributed by atoms with Crippen LogP contribution in [0.5, 0.6) is 0 Å². The van der Waals surface area contributed by atoms with Gasteiger partial charge in [0, 0.05) is 0 Å². The second kappa shape index (κ2) is 4.43. The molecule has 0 fully saturated rings. The van der Waals surface area contributed by atoms with Crippen molar-refractivity contribution in [1.82, 2.24) is 0 Å². The summed E-state index contributed by atoms with van der Waals surface area (Å²) in [4.78, 5) is 0. The molecule has 1 aromatic rings. The lowest BCUT2D eigenvalue weighted by Gasteiger charge is -2.44. The standard InChI is InChI=1S/C15H24N2.C2H6/c1-13(2)9-7-11(16)12(17)8-10(9)14(3,4)15(13,5)6;1-2/h7-8H,16-17H2,1-6H3;1-2H3. The highest BCUT2D eigenvalue weighted by Gasteiger charge is 2.56. The molecule has 0 saturated carbocycles. The summed E-state index contributed by atoms with van der Waals surface area (Å²) in [5.74, 6) is 0. The molecule has 2 rings (SSSR count). The summed E-state index contributed by atoms with van der Waals surface area (Å²) in [5, 5.41) is 0. The molecule has 108 valence electrons. The van der Waals surface area contributed by atoms with Gasteiger partial charge in [-0.05, 0) is 39.5 Å². The van der Waals surface area contributed by atoms with Crippen LogP contribution in [0.3, 0.4) is 0 Å². The second-order valence-corrected chi connectivity index (χ2v) is 6.90. The van der Waals surface area contributed by atoms with Crippen molar-refractivity contribution in [2.75, 3.05) is 11.5 Å². The Labute approximate surface area is 118 Å². The van der Waals surface area contributed by atoms with Gasteiger partial charge in [-0.25, -0.2) is 0 Å². The largest absolute Gasteiger partial charge is 0.397 e. The smallest absolute Gasteiger partial charge is 0.0550 e. The van der Waals surface area contributed by atoms with Crippen LogP contribution in [0.25, 0.3) is 0 Å². The fourth-order valence-corrected chi connectivity index (χ4v) is 3.12. The van der Waals surface area contributed by atoms with Crippen LogP contribution in [0.2, 0.25) is 0 Å². The molecule has 0 unspecified atom stereocenters. The highest BCUT2D eigenvalue weighted by atomic mass is 14.7. The van der Waals surface area contributed by atoms with Crippen LogP contribution in [-0.2, 0) is 10.8 Å². The molecule has 0 spiro atoms. The van der Waals surface area contributed by atoms with Crippen molar-refractivity contribution in [3.05, 3.63) is 23.3 Å². The quantitative estimate of drug-likeness (QED) is 0.678. The van der Waals surface area contributed by atoms with E-state index < -0.39 is 0 Å². The average molecular weight is 262 g/mol. The predicted molar refractivity (Wildman–Crippen MR) is 86.4 cm³/mol. The van der Waals surface area contributed by atoms with Crippen LogP contribution in [0.15, 0.2) is 12.1 Å². The van der Waals surface area contributed by atoms with E-state index in [9.17, 15) is 0 Å². The number of hydrogen-bond acceptors (Lipinski definition) is 2. The number of anilines is 2. The van der Waals surface area contributed by atoms with Gasteiger partial charge in [-0.15, -0.1) is 0 Å². The lowest BCUT2D eigenvalue weighted by atomic mass is 9.59. The summed E-state index contributed by atoms with van der Waals surface area (Å²) in [6, 6.07) is 4.14. The summed E-state index contributed by atoms with van der Waals surface area (Å²) >= 11 is 0. The number of nitrogens with two attached hydrogens (primary N) is 2. The second-order valence-electron chi connectivity index (χ2n) is 6.90. The Bertz CT molecular complexity index is 439. The van der Waals surface area contributed by atoms with Gasteiger partial charge in [-0.1, -0.05) is 55.4 Å². The van der Waals surface area contributed by atoms with E-state index in [-0.39, 0.29) is 16.2 Å². The molecule has 1 aliphatic carbocycles. The third-order valence-electron chi connectivity index (χ3n) is 5.69. The van der Waals surface area contributed by atoms with Crippen molar-refractivity contribution in [3.63, 3.8) is 0 Å². The lowest BCUT2D eigenvalue weighted by Crippen LogP contribution is -2.42. The van der Waals surface area contributed by atoms with Gasteiger partial charge >= 0.3 is 0 Å². The van der Waals surface area contributed by atoms with Crippen molar-refractivity contribution < 1.29 is 0 Å². The van der Waals surface area contributed by atoms with E-state index in [1.54, 1.807) is 0 Å². The first-order chi connectivity index (χ1) is 8.53. The molecule has 0 aromatic heterocycles. The highest BCUT2D eigenvalue weighted by molar-refractivity contribution is 5.69. The van der Waals surface area contributed by atoms with Gasteiger partial charge in [-0.2, -0.15) is 0 Å². The van der Waals surface area contributed by atoms with Gasteiger partial charge in [0.2, 0.25) is 0 Å². The van der Waals surface area contributed by atoms with Crippen molar-refractivity contribution in [2.45, 2.75) is 66.2 Å². The maximum Gasteiger partial charge on any atom is 0.0550 e. The number of rotatable bonds is 0. The summed E-state index contributed by atoms with van der Waals surface area (Å²) in [7, 11) is 0. The molecular weight excluding hydrogens is 232 g/mol. The maximum absolute atomic E-state index is 5.97.